The molecular weight excluding hydrogens is 640 g/mol. The van der Waals surface area contributed by atoms with Gasteiger partial charge in [0.25, 0.3) is 11.5 Å². The van der Waals surface area contributed by atoms with Gasteiger partial charge in [-0.05, 0) is 83.0 Å². The summed E-state index contributed by atoms with van der Waals surface area (Å²) < 4.78 is 25.0. The molecule has 0 saturated carbocycles. The molecule has 0 bridgehead atoms. The SMILES string of the molecule is CCOc1cc(C=Nn2c(-c3cc4c(OC)cccc4o3)nc3ccccc3c2=O)cc(Br)c1OCC(=O)Nc1ccccc1. The number of furan rings is 1. The number of amides is 1. The number of carbonyl (C=O) groups is 1. The lowest BCUT2D eigenvalue weighted by atomic mass is 10.2. The van der Waals surface area contributed by atoms with Crippen LogP contribution in [0.5, 0.6) is 17.2 Å². The largest absolute Gasteiger partial charge is 0.496 e. The molecule has 2 aromatic heterocycles. The number of benzene rings is 4. The van der Waals surface area contributed by atoms with Crippen LogP contribution in [0.15, 0.2) is 110 Å². The molecule has 0 aliphatic rings. The number of hydrogen-bond acceptors (Lipinski definition) is 8. The van der Waals surface area contributed by atoms with Gasteiger partial charge in [-0.25, -0.2) is 4.98 Å². The van der Waals surface area contributed by atoms with Gasteiger partial charge in [0.1, 0.15) is 11.3 Å². The topological polar surface area (TPSA) is 117 Å². The summed E-state index contributed by atoms with van der Waals surface area (Å²) in [6.07, 6.45) is 1.52. The number of ether oxygens (including phenoxy) is 3. The lowest BCUT2D eigenvalue weighted by Crippen LogP contribution is -2.20. The third-order valence-electron chi connectivity index (χ3n) is 6.77. The van der Waals surface area contributed by atoms with Gasteiger partial charge in [0.05, 0.1) is 40.7 Å². The minimum absolute atomic E-state index is 0.224. The monoisotopic (exact) mass is 666 g/mol. The van der Waals surface area contributed by atoms with Crippen LogP contribution >= 0.6 is 15.9 Å². The van der Waals surface area contributed by atoms with Gasteiger partial charge in [-0.3, -0.25) is 9.59 Å². The molecule has 0 unspecified atom stereocenters. The normalized spacial score (nSPS) is 11.3. The first-order valence-corrected chi connectivity index (χ1v) is 14.8. The minimum atomic E-state index is -0.368. The van der Waals surface area contributed by atoms with Crippen molar-refractivity contribution in [2.75, 3.05) is 25.6 Å². The maximum Gasteiger partial charge on any atom is 0.282 e. The summed E-state index contributed by atoms with van der Waals surface area (Å²) in [4.78, 5) is 30.9. The molecule has 10 nitrogen and oxygen atoms in total. The molecule has 6 aromatic rings. The Morgan fingerprint density at radius 1 is 0.978 bits per heavy atom. The Morgan fingerprint density at radius 3 is 2.58 bits per heavy atom. The summed E-state index contributed by atoms with van der Waals surface area (Å²) in [7, 11) is 1.58. The van der Waals surface area contributed by atoms with Gasteiger partial charge in [-0.2, -0.15) is 9.78 Å². The highest BCUT2D eigenvalue weighted by Gasteiger charge is 2.19. The van der Waals surface area contributed by atoms with E-state index in [-0.39, 0.29) is 23.9 Å². The van der Waals surface area contributed by atoms with E-state index in [9.17, 15) is 9.59 Å². The van der Waals surface area contributed by atoms with Gasteiger partial charge in [-0.15, -0.1) is 0 Å². The summed E-state index contributed by atoms with van der Waals surface area (Å²) in [5.41, 5.74) is 1.99. The van der Waals surface area contributed by atoms with Crippen molar-refractivity contribution < 1.29 is 23.4 Å². The molecule has 1 amide bonds. The van der Waals surface area contributed by atoms with Crippen LogP contribution in [0.3, 0.4) is 0 Å². The molecular formula is C34H27BrN4O6. The van der Waals surface area contributed by atoms with Gasteiger partial charge in [0.15, 0.2) is 23.9 Å². The molecule has 45 heavy (non-hydrogen) atoms. The Labute approximate surface area is 266 Å². The minimum Gasteiger partial charge on any atom is -0.496 e. The van der Waals surface area contributed by atoms with Crippen molar-refractivity contribution in [3.05, 3.63) is 111 Å². The fourth-order valence-corrected chi connectivity index (χ4v) is 5.33. The Balaban J connectivity index is 1.35. The Kier molecular flexibility index (Phi) is 8.61. The standard InChI is InChI=1S/C34H27BrN4O6/c1-3-43-29-17-21(16-25(35)32(29)44-20-31(40)37-22-10-5-4-6-11-22)19-36-39-33(38-26-13-8-7-12-23(26)34(39)41)30-18-24-27(42-2)14-9-15-28(24)45-30/h4-19H,3,20H2,1-2H3,(H,37,40). The van der Waals surface area contributed by atoms with Gasteiger partial charge in [0, 0.05) is 5.69 Å². The predicted molar refractivity (Wildman–Crippen MR) is 177 cm³/mol. The number of methoxy groups -OCH3 is 1. The van der Waals surface area contributed by atoms with Crippen LogP contribution in [0.2, 0.25) is 0 Å². The van der Waals surface area contributed by atoms with Gasteiger partial charge in [-0.1, -0.05) is 36.4 Å². The van der Waals surface area contributed by atoms with E-state index in [1.165, 1.54) is 10.9 Å². The van der Waals surface area contributed by atoms with Crippen LogP contribution in [-0.4, -0.2) is 42.1 Å². The molecule has 11 heteroatoms. The van der Waals surface area contributed by atoms with Crippen LogP contribution in [-0.2, 0) is 4.79 Å². The molecule has 0 fully saturated rings. The molecule has 2 heterocycles. The lowest BCUT2D eigenvalue weighted by Gasteiger charge is -2.14. The first-order chi connectivity index (χ1) is 21.9. The number of hydrogen-bond donors (Lipinski definition) is 1. The maximum atomic E-state index is 13.7. The van der Waals surface area contributed by atoms with Gasteiger partial charge >= 0.3 is 0 Å². The molecule has 0 aliphatic carbocycles. The van der Waals surface area contributed by atoms with Crippen LogP contribution in [0.4, 0.5) is 5.69 Å². The number of nitrogens with one attached hydrogen (secondary N) is 1. The maximum absolute atomic E-state index is 13.7. The summed E-state index contributed by atoms with van der Waals surface area (Å²) in [5.74, 6) is 1.65. The number of halogens is 1. The van der Waals surface area contributed by atoms with Crippen LogP contribution in [0, 0.1) is 0 Å². The Bertz CT molecular complexity index is 2110. The third-order valence-corrected chi connectivity index (χ3v) is 7.36. The number of nitrogens with zero attached hydrogens (tertiary/aromatic N) is 3. The van der Waals surface area contributed by atoms with Gasteiger partial charge in [0.2, 0.25) is 5.82 Å². The predicted octanol–water partition coefficient (Wildman–Crippen LogP) is 6.88. The molecule has 226 valence electrons. The molecule has 0 spiro atoms. The van der Waals surface area contributed by atoms with Crippen molar-refractivity contribution in [3.8, 4) is 28.8 Å². The highest BCUT2D eigenvalue weighted by molar-refractivity contribution is 9.10. The second kappa shape index (κ2) is 13.1. The number of fused-ring (bicyclic) bond motifs is 2. The Hall–Kier alpha value is -5.42. The molecule has 1 N–H and O–H groups in total. The highest BCUT2D eigenvalue weighted by atomic mass is 79.9. The first kappa shape index (κ1) is 29.6. The number of rotatable bonds is 10. The van der Waals surface area contributed by atoms with Crippen molar-refractivity contribution in [1.29, 1.82) is 0 Å². The van der Waals surface area contributed by atoms with Crippen LogP contribution < -0.4 is 25.1 Å². The number of anilines is 1. The van der Waals surface area contributed by atoms with Crippen molar-refractivity contribution >= 4 is 55.6 Å². The average molecular weight is 668 g/mol. The second-order valence-corrected chi connectivity index (χ2v) is 10.6. The summed E-state index contributed by atoms with van der Waals surface area (Å²) >= 11 is 3.54. The zero-order chi connectivity index (χ0) is 31.3. The van der Waals surface area contributed by atoms with E-state index in [2.05, 4.69) is 26.3 Å². The van der Waals surface area contributed by atoms with Crippen molar-refractivity contribution in [3.63, 3.8) is 0 Å². The Morgan fingerprint density at radius 2 is 1.78 bits per heavy atom. The number of carbonyl (C=O) groups excluding carboxylic acids is 1. The van der Waals surface area contributed by atoms with Crippen LogP contribution in [0.1, 0.15) is 12.5 Å². The molecule has 0 saturated heterocycles. The second-order valence-electron chi connectivity index (χ2n) is 9.76. The zero-order valence-electron chi connectivity index (χ0n) is 24.3. The molecule has 4 aromatic carbocycles. The fraction of sp³-hybridized carbons (Fsp3) is 0.118. The number of aromatic nitrogens is 2. The summed E-state index contributed by atoms with van der Waals surface area (Å²) in [6.45, 7) is 1.97. The summed E-state index contributed by atoms with van der Waals surface area (Å²) in [5, 5.41) is 8.49. The van der Waals surface area contributed by atoms with Crippen molar-refractivity contribution in [2.24, 2.45) is 5.10 Å². The third kappa shape index (κ3) is 6.29. The van der Waals surface area contributed by atoms with E-state index >= 15 is 0 Å². The van der Waals surface area contributed by atoms with E-state index in [1.807, 2.05) is 49.4 Å². The van der Waals surface area contributed by atoms with Crippen LogP contribution in [0.25, 0.3) is 33.5 Å². The average Bonchev–Trinajstić information content (AvgIpc) is 3.49. The highest BCUT2D eigenvalue weighted by Crippen LogP contribution is 2.37. The van der Waals surface area contributed by atoms with E-state index in [4.69, 9.17) is 23.6 Å². The van der Waals surface area contributed by atoms with Crippen molar-refractivity contribution in [1.82, 2.24) is 9.66 Å². The van der Waals surface area contributed by atoms with Gasteiger partial charge < -0.3 is 23.9 Å². The van der Waals surface area contributed by atoms with E-state index < -0.39 is 0 Å². The quantitative estimate of drug-likeness (QED) is 0.158. The van der Waals surface area contributed by atoms with E-state index in [1.54, 1.807) is 55.6 Å². The molecule has 0 radical (unpaired) electrons. The molecule has 0 aliphatic heterocycles. The summed E-state index contributed by atoms with van der Waals surface area (Å²) in [6, 6.07) is 26.9. The molecule has 0 atom stereocenters. The first-order valence-electron chi connectivity index (χ1n) is 14.0. The smallest absolute Gasteiger partial charge is 0.282 e. The van der Waals surface area contributed by atoms with Crippen molar-refractivity contribution in [2.45, 2.75) is 6.92 Å². The zero-order valence-corrected chi connectivity index (χ0v) is 25.9. The number of para-hydroxylation sites is 2. The lowest BCUT2D eigenvalue weighted by molar-refractivity contribution is -0.118. The van der Waals surface area contributed by atoms with E-state index in [0.29, 0.717) is 61.8 Å². The fourth-order valence-electron chi connectivity index (χ4n) is 4.76. The van der Waals surface area contributed by atoms with E-state index in [0.717, 1.165) is 5.39 Å². The molecule has 6 rings (SSSR count).